The fraction of sp³-hybridized carbons (Fsp3) is 0.429. The largest absolute Gasteiger partial charge is 0.493 e. The van der Waals surface area contributed by atoms with Crippen LogP contribution in [0.5, 0.6) is 5.75 Å². The first kappa shape index (κ1) is 13.4. The zero-order valence-corrected chi connectivity index (χ0v) is 11.2. The summed E-state index contributed by atoms with van der Waals surface area (Å²) in [6.45, 7) is 0.337. The molecule has 5 heteroatoms. The second-order valence-corrected chi connectivity index (χ2v) is 4.75. The molecule has 1 aromatic carbocycles. The van der Waals surface area contributed by atoms with E-state index in [0.29, 0.717) is 25.2 Å². The minimum Gasteiger partial charge on any atom is -0.493 e. The number of ether oxygens (including phenoxy) is 1. The highest BCUT2D eigenvalue weighted by Crippen LogP contribution is 2.27. The van der Waals surface area contributed by atoms with Gasteiger partial charge in [0.15, 0.2) is 0 Å². The van der Waals surface area contributed by atoms with Gasteiger partial charge in [-0.25, -0.2) is 0 Å². The summed E-state index contributed by atoms with van der Waals surface area (Å²) in [5, 5.41) is 2.82. The second kappa shape index (κ2) is 5.73. The lowest BCUT2D eigenvalue weighted by Crippen LogP contribution is -2.23. The average molecular weight is 262 g/mol. The third-order valence-electron chi connectivity index (χ3n) is 3.06. The first-order valence-corrected chi connectivity index (χ1v) is 6.32. The molecule has 2 amide bonds. The Morgan fingerprint density at radius 3 is 2.89 bits per heavy atom. The van der Waals surface area contributed by atoms with Crippen LogP contribution in [0.3, 0.4) is 0 Å². The maximum atomic E-state index is 11.4. The molecule has 19 heavy (non-hydrogen) atoms. The highest BCUT2D eigenvalue weighted by atomic mass is 16.5. The van der Waals surface area contributed by atoms with Crippen molar-refractivity contribution in [1.29, 1.82) is 0 Å². The van der Waals surface area contributed by atoms with E-state index < -0.39 is 0 Å². The summed E-state index contributed by atoms with van der Waals surface area (Å²) in [4.78, 5) is 24.2. The van der Waals surface area contributed by atoms with Crippen LogP contribution in [-0.2, 0) is 16.0 Å². The zero-order chi connectivity index (χ0) is 13.8. The minimum absolute atomic E-state index is 0.0336. The van der Waals surface area contributed by atoms with Crippen molar-refractivity contribution in [2.75, 3.05) is 26.0 Å². The van der Waals surface area contributed by atoms with Crippen LogP contribution >= 0.6 is 0 Å². The van der Waals surface area contributed by atoms with Gasteiger partial charge < -0.3 is 15.0 Å². The van der Waals surface area contributed by atoms with Crippen LogP contribution < -0.4 is 10.1 Å². The zero-order valence-electron chi connectivity index (χ0n) is 11.2. The van der Waals surface area contributed by atoms with Gasteiger partial charge >= 0.3 is 0 Å². The molecule has 0 aromatic heterocycles. The van der Waals surface area contributed by atoms with E-state index in [-0.39, 0.29) is 11.8 Å². The Hall–Kier alpha value is -2.04. The van der Waals surface area contributed by atoms with E-state index in [4.69, 9.17) is 4.74 Å². The van der Waals surface area contributed by atoms with Gasteiger partial charge in [0.1, 0.15) is 5.75 Å². The first-order valence-electron chi connectivity index (χ1n) is 6.32. The van der Waals surface area contributed by atoms with Gasteiger partial charge in [0.2, 0.25) is 11.8 Å². The molecule has 1 heterocycles. The number of fused-ring (bicyclic) bond motifs is 1. The summed E-state index contributed by atoms with van der Waals surface area (Å²) in [7, 11) is 3.44. The molecule has 0 radical (unpaired) electrons. The Morgan fingerprint density at radius 1 is 1.37 bits per heavy atom. The lowest BCUT2D eigenvalue weighted by Gasteiger charge is -2.18. The smallest absolute Gasteiger partial charge is 0.225 e. The summed E-state index contributed by atoms with van der Waals surface area (Å²) < 4.78 is 5.53. The number of anilines is 1. The Kier molecular flexibility index (Phi) is 4.04. The first-order chi connectivity index (χ1) is 9.06. The van der Waals surface area contributed by atoms with E-state index >= 15 is 0 Å². The van der Waals surface area contributed by atoms with Gasteiger partial charge in [-0.3, -0.25) is 9.59 Å². The number of hydrogen-bond donors (Lipinski definition) is 1. The number of aryl methyl sites for hydroxylation is 1. The lowest BCUT2D eigenvalue weighted by molar-refractivity contribution is -0.129. The third kappa shape index (κ3) is 3.47. The topological polar surface area (TPSA) is 58.6 Å². The van der Waals surface area contributed by atoms with Gasteiger partial charge in [-0.15, -0.1) is 0 Å². The van der Waals surface area contributed by atoms with Crippen LogP contribution in [0, 0.1) is 0 Å². The Balaban J connectivity index is 1.93. The number of nitrogens with one attached hydrogen (secondary N) is 1. The van der Waals surface area contributed by atoms with Crippen LogP contribution in [0.25, 0.3) is 0 Å². The van der Waals surface area contributed by atoms with E-state index in [2.05, 4.69) is 5.32 Å². The highest BCUT2D eigenvalue weighted by Gasteiger charge is 2.15. The quantitative estimate of drug-likeness (QED) is 0.893. The number of carbonyl (C=O) groups is 2. The molecule has 0 bridgehead atoms. The van der Waals surface area contributed by atoms with E-state index in [9.17, 15) is 9.59 Å². The van der Waals surface area contributed by atoms with Crippen molar-refractivity contribution >= 4 is 17.5 Å². The van der Waals surface area contributed by atoms with Crippen molar-refractivity contribution in [2.24, 2.45) is 0 Å². The summed E-state index contributed by atoms with van der Waals surface area (Å²) in [6.07, 6.45) is 1.64. The van der Waals surface area contributed by atoms with Crippen LogP contribution in [0.4, 0.5) is 5.69 Å². The molecule has 0 fully saturated rings. The third-order valence-corrected chi connectivity index (χ3v) is 3.06. The molecule has 1 N–H and O–H groups in total. The van der Waals surface area contributed by atoms with E-state index in [1.807, 2.05) is 18.2 Å². The monoisotopic (exact) mass is 262 g/mol. The number of benzene rings is 1. The molecule has 2 rings (SSSR count). The van der Waals surface area contributed by atoms with Crippen molar-refractivity contribution in [3.8, 4) is 5.75 Å². The molecule has 1 aliphatic heterocycles. The second-order valence-electron chi connectivity index (χ2n) is 4.75. The highest BCUT2D eigenvalue weighted by molar-refractivity contribution is 5.94. The molecule has 1 aromatic rings. The molecule has 0 saturated heterocycles. The number of amides is 2. The molecular weight excluding hydrogens is 244 g/mol. The van der Waals surface area contributed by atoms with E-state index in [1.165, 1.54) is 4.90 Å². The molecule has 5 nitrogen and oxygen atoms in total. The summed E-state index contributed by atoms with van der Waals surface area (Å²) in [5.41, 5.74) is 1.93. The van der Waals surface area contributed by atoms with E-state index in [1.54, 1.807) is 14.1 Å². The normalized spacial score (nSPS) is 13.5. The summed E-state index contributed by atoms with van der Waals surface area (Å²) in [6, 6.07) is 5.64. The Labute approximate surface area is 112 Å². The van der Waals surface area contributed by atoms with Gasteiger partial charge in [0.05, 0.1) is 13.0 Å². The molecule has 0 spiro atoms. The molecule has 102 valence electrons. The fourth-order valence-corrected chi connectivity index (χ4v) is 1.92. The fourth-order valence-electron chi connectivity index (χ4n) is 1.92. The van der Waals surface area contributed by atoms with Gasteiger partial charge in [0, 0.05) is 32.3 Å². The Morgan fingerprint density at radius 2 is 2.16 bits per heavy atom. The predicted molar refractivity (Wildman–Crippen MR) is 72.2 cm³/mol. The minimum atomic E-state index is 0.0336. The molecule has 0 unspecified atom stereocenters. The maximum absolute atomic E-state index is 11.4. The van der Waals surface area contributed by atoms with Crippen LogP contribution in [0.2, 0.25) is 0 Å². The SMILES string of the molecule is CN(C)C(=O)CCOc1ccc2c(c1)NC(=O)CC2. The summed E-state index contributed by atoms with van der Waals surface area (Å²) >= 11 is 0. The molecular formula is C14H18N2O3. The Bertz CT molecular complexity index is 497. The molecule has 0 atom stereocenters. The van der Waals surface area contributed by atoms with Crippen LogP contribution in [0.1, 0.15) is 18.4 Å². The van der Waals surface area contributed by atoms with Crippen molar-refractivity contribution in [3.05, 3.63) is 23.8 Å². The van der Waals surface area contributed by atoms with Crippen molar-refractivity contribution < 1.29 is 14.3 Å². The van der Waals surface area contributed by atoms with Gasteiger partial charge in [-0.2, -0.15) is 0 Å². The maximum Gasteiger partial charge on any atom is 0.225 e. The standard InChI is InChI=1S/C14H18N2O3/c1-16(2)14(18)7-8-19-11-5-3-10-4-6-13(17)15-12(10)9-11/h3,5,9H,4,6-8H2,1-2H3,(H,15,17). The molecule has 0 aliphatic carbocycles. The van der Waals surface area contributed by atoms with Gasteiger partial charge in [-0.05, 0) is 18.1 Å². The van der Waals surface area contributed by atoms with Crippen LogP contribution in [0.15, 0.2) is 18.2 Å². The predicted octanol–water partition coefficient (Wildman–Crippen LogP) is 1.43. The van der Waals surface area contributed by atoms with Crippen molar-refractivity contribution in [3.63, 3.8) is 0 Å². The number of rotatable bonds is 4. The van der Waals surface area contributed by atoms with Crippen molar-refractivity contribution in [2.45, 2.75) is 19.3 Å². The molecule has 0 saturated carbocycles. The van der Waals surface area contributed by atoms with Gasteiger partial charge in [-0.1, -0.05) is 6.07 Å². The average Bonchev–Trinajstić information content (AvgIpc) is 2.38. The van der Waals surface area contributed by atoms with Crippen molar-refractivity contribution in [1.82, 2.24) is 4.90 Å². The number of hydrogen-bond acceptors (Lipinski definition) is 3. The lowest BCUT2D eigenvalue weighted by atomic mass is 10.0. The van der Waals surface area contributed by atoms with Gasteiger partial charge in [0.25, 0.3) is 0 Å². The molecule has 1 aliphatic rings. The number of carbonyl (C=O) groups excluding carboxylic acids is 2. The van der Waals surface area contributed by atoms with Crippen LogP contribution in [-0.4, -0.2) is 37.4 Å². The summed E-state index contributed by atoms with van der Waals surface area (Å²) in [5.74, 6) is 0.742. The van der Waals surface area contributed by atoms with E-state index in [0.717, 1.165) is 17.7 Å². The number of nitrogens with zero attached hydrogens (tertiary/aromatic N) is 1.